The minimum absolute atomic E-state index is 0.215. The van der Waals surface area contributed by atoms with Crippen molar-refractivity contribution in [2.75, 3.05) is 7.11 Å². The first-order valence-electron chi connectivity index (χ1n) is 6.75. The monoisotopic (exact) mass is 310 g/mol. The van der Waals surface area contributed by atoms with E-state index in [1.165, 1.54) is 0 Å². The van der Waals surface area contributed by atoms with E-state index in [-0.39, 0.29) is 5.56 Å². The van der Waals surface area contributed by atoms with E-state index >= 15 is 0 Å². The summed E-state index contributed by atoms with van der Waals surface area (Å²) in [6.07, 6.45) is 0. The van der Waals surface area contributed by atoms with Gasteiger partial charge in [0.15, 0.2) is 4.77 Å². The number of benzene rings is 2. The second-order valence-corrected chi connectivity index (χ2v) is 5.16. The molecule has 0 saturated carbocycles. The maximum Gasteiger partial charge on any atom is 0.260 e. The second kappa shape index (κ2) is 5.99. The van der Waals surface area contributed by atoms with Crippen molar-refractivity contribution in [1.29, 1.82) is 0 Å². The first kappa shape index (κ1) is 14.3. The fourth-order valence-corrected chi connectivity index (χ4v) is 2.54. The zero-order valence-electron chi connectivity index (χ0n) is 11.9. The van der Waals surface area contributed by atoms with E-state index < -0.39 is 0 Å². The Balaban J connectivity index is 2.26. The second-order valence-electron chi connectivity index (χ2n) is 4.75. The van der Waals surface area contributed by atoms with Crippen LogP contribution < -0.4 is 10.3 Å². The number of ether oxygens (including phenoxy) is 1. The topological polar surface area (TPSA) is 57.9 Å². The molecule has 1 aromatic heterocycles. The molecule has 2 N–H and O–H groups in total. The summed E-state index contributed by atoms with van der Waals surface area (Å²) in [5, 5.41) is 0. The molecule has 110 valence electrons. The molecular formula is C17H14N2O2S. The summed E-state index contributed by atoms with van der Waals surface area (Å²) in [5.74, 6) is 0.741. The van der Waals surface area contributed by atoms with Crippen molar-refractivity contribution in [2.24, 2.45) is 0 Å². The normalized spacial score (nSPS) is 10.4. The molecule has 1 heterocycles. The molecule has 0 saturated heterocycles. The molecule has 0 aliphatic carbocycles. The van der Waals surface area contributed by atoms with E-state index in [4.69, 9.17) is 17.0 Å². The van der Waals surface area contributed by atoms with Crippen molar-refractivity contribution in [3.63, 3.8) is 0 Å². The third-order valence-corrected chi connectivity index (χ3v) is 3.59. The lowest BCUT2D eigenvalue weighted by Crippen LogP contribution is -2.12. The fraction of sp³-hybridized carbons (Fsp3) is 0.0588. The lowest BCUT2D eigenvalue weighted by molar-refractivity contribution is 0.415. The number of H-pyrrole nitrogens is 2. The van der Waals surface area contributed by atoms with E-state index in [0.717, 1.165) is 16.9 Å². The van der Waals surface area contributed by atoms with Gasteiger partial charge in [0, 0.05) is 0 Å². The summed E-state index contributed by atoms with van der Waals surface area (Å²) >= 11 is 5.11. The molecule has 0 amide bonds. The van der Waals surface area contributed by atoms with Gasteiger partial charge < -0.3 is 9.72 Å². The number of hydrogen-bond donors (Lipinski definition) is 2. The van der Waals surface area contributed by atoms with Gasteiger partial charge in [-0.2, -0.15) is 0 Å². The van der Waals surface area contributed by atoms with Crippen LogP contribution in [-0.2, 0) is 0 Å². The van der Waals surface area contributed by atoms with Crippen molar-refractivity contribution >= 4 is 12.2 Å². The Bertz CT molecular complexity index is 896. The molecule has 0 fully saturated rings. The maximum absolute atomic E-state index is 12.4. The average Bonchev–Trinajstić information content (AvgIpc) is 2.55. The third kappa shape index (κ3) is 2.71. The summed E-state index contributed by atoms with van der Waals surface area (Å²) in [6, 6.07) is 17.0. The van der Waals surface area contributed by atoms with E-state index in [1.807, 2.05) is 54.6 Å². The lowest BCUT2D eigenvalue weighted by Gasteiger charge is -2.10. The summed E-state index contributed by atoms with van der Waals surface area (Å²) in [7, 11) is 1.61. The minimum Gasteiger partial charge on any atom is -0.497 e. The third-order valence-electron chi connectivity index (χ3n) is 3.38. The SMILES string of the molecule is COc1ccc(-c2c(-c3ccccc3)[nH]c(=S)[nH]c2=O)cc1. The summed E-state index contributed by atoms with van der Waals surface area (Å²) < 4.78 is 5.47. The van der Waals surface area contributed by atoms with Gasteiger partial charge in [-0.1, -0.05) is 42.5 Å². The number of hydrogen-bond acceptors (Lipinski definition) is 3. The summed E-state index contributed by atoms with van der Waals surface area (Å²) in [5.41, 5.74) is 2.76. The van der Waals surface area contributed by atoms with Gasteiger partial charge in [0.25, 0.3) is 5.56 Å². The smallest absolute Gasteiger partial charge is 0.260 e. The molecule has 2 aromatic carbocycles. The summed E-state index contributed by atoms with van der Waals surface area (Å²) in [6.45, 7) is 0. The van der Waals surface area contributed by atoms with Crippen molar-refractivity contribution in [3.8, 4) is 28.1 Å². The van der Waals surface area contributed by atoms with Crippen molar-refractivity contribution in [3.05, 3.63) is 69.7 Å². The van der Waals surface area contributed by atoms with Crippen molar-refractivity contribution in [2.45, 2.75) is 0 Å². The van der Waals surface area contributed by atoms with Crippen LogP contribution in [0, 0.1) is 4.77 Å². The average molecular weight is 310 g/mol. The van der Waals surface area contributed by atoms with Crippen LogP contribution in [-0.4, -0.2) is 17.1 Å². The van der Waals surface area contributed by atoms with Gasteiger partial charge in [-0.05, 0) is 35.5 Å². The maximum atomic E-state index is 12.4. The molecule has 0 atom stereocenters. The Morgan fingerprint density at radius 3 is 2.23 bits per heavy atom. The molecule has 0 aliphatic heterocycles. The number of nitrogens with one attached hydrogen (secondary N) is 2. The first-order chi connectivity index (χ1) is 10.7. The molecule has 0 unspecified atom stereocenters. The molecule has 5 heteroatoms. The van der Waals surface area contributed by atoms with Gasteiger partial charge in [0.1, 0.15) is 5.75 Å². The zero-order chi connectivity index (χ0) is 15.5. The Morgan fingerprint density at radius 2 is 1.59 bits per heavy atom. The van der Waals surface area contributed by atoms with Crippen molar-refractivity contribution in [1.82, 2.24) is 9.97 Å². The van der Waals surface area contributed by atoms with Gasteiger partial charge in [-0.25, -0.2) is 0 Å². The minimum atomic E-state index is -0.215. The molecule has 0 radical (unpaired) electrons. The fourth-order valence-electron chi connectivity index (χ4n) is 2.34. The lowest BCUT2D eigenvalue weighted by atomic mass is 10.0. The molecule has 3 rings (SSSR count). The molecule has 0 spiro atoms. The predicted octanol–water partition coefficient (Wildman–Crippen LogP) is 3.78. The Kier molecular flexibility index (Phi) is 3.89. The van der Waals surface area contributed by atoms with E-state index in [1.54, 1.807) is 7.11 Å². The van der Waals surface area contributed by atoms with Crippen LogP contribution >= 0.6 is 12.2 Å². The molecule has 22 heavy (non-hydrogen) atoms. The van der Waals surface area contributed by atoms with Crippen LogP contribution in [0.2, 0.25) is 0 Å². The highest BCUT2D eigenvalue weighted by atomic mass is 32.1. The number of methoxy groups -OCH3 is 1. The molecular weight excluding hydrogens is 296 g/mol. The van der Waals surface area contributed by atoms with Crippen LogP contribution in [0.1, 0.15) is 0 Å². The highest BCUT2D eigenvalue weighted by molar-refractivity contribution is 7.71. The molecule has 3 aromatic rings. The summed E-state index contributed by atoms with van der Waals surface area (Å²) in [4.78, 5) is 18.2. The predicted molar refractivity (Wildman–Crippen MR) is 89.7 cm³/mol. The Hall–Kier alpha value is -2.66. The largest absolute Gasteiger partial charge is 0.497 e. The van der Waals surface area contributed by atoms with E-state index in [9.17, 15) is 4.79 Å². The van der Waals surface area contributed by atoms with E-state index in [2.05, 4.69) is 9.97 Å². The van der Waals surface area contributed by atoms with Gasteiger partial charge in [0.05, 0.1) is 18.4 Å². The Labute approximate surface area is 132 Å². The molecule has 0 aliphatic rings. The van der Waals surface area contributed by atoms with Crippen LogP contribution in [0.25, 0.3) is 22.4 Å². The first-order valence-corrected chi connectivity index (χ1v) is 7.16. The van der Waals surface area contributed by atoms with Crippen LogP contribution in [0.4, 0.5) is 0 Å². The van der Waals surface area contributed by atoms with E-state index in [0.29, 0.717) is 16.0 Å². The van der Waals surface area contributed by atoms with Gasteiger partial charge in [0.2, 0.25) is 0 Å². The number of rotatable bonds is 3. The highest BCUT2D eigenvalue weighted by Gasteiger charge is 2.12. The van der Waals surface area contributed by atoms with Gasteiger partial charge >= 0.3 is 0 Å². The van der Waals surface area contributed by atoms with Crippen LogP contribution in [0.15, 0.2) is 59.4 Å². The van der Waals surface area contributed by atoms with Crippen LogP contribution in [0.3, 0.4) is 0 Å². The van der Waals surface area contributed by atoms with Gasteiger partial charge in [-0.3, -0.25) is 9.78 Å². The molecule has 4 nitrogen and oxygen atoms in total. The standard InChI is InChI=1S/C17H14N2O2S/c1-21-13-9-7-11(8-10-13)14-15(12-5-3-2-4-6-12)18-17(22)19-16(14)20/h2-10H,1H3,(H2,18,19,20,22). The number of aromatic amines is 2. The zero-order valence-corrected chi connectivity index (χ0v) is 12.7. The van der Waals surface area contributed by atoms with Crippen molar-refractivity contribution < 1.29 is 4.74 Å². The highest BCUT2D eigenvalue weighted by Crippen LogP contribution is 2.28. The molecule has 0 bridgehead atoms. The quantitative estimate of drug-likeness (QED) is 0.724. The van der Waals surface area contributed by atoms with Crippen LogP contribution in [0.5, 0.6) is 5.75 Å². The number of aromatic nitrogens is 2. The Morgan fingerprint density at radius 1 is 0.909 bits per heavy atom. The van der Waals surface area contributed by atoms with Gasteiger partial charge in [-0.15, -0.1) is 0 Å².